The minimum Gasteiger partial charge on any atom is -0.488 e. The Hall–Kier alpha value is -1.05. The van der Waals surface area contributed by atoms with Gasteiger partial charge >= 0.3 is 0 Å². The number of hydrogen-bond acceptors (Lipinski definition) is 1. The lowest BCUT2D eigenvalue weighted by Gasteiger charge is -2.11. The second-order valence-electron chi connectivity index (χ2n) is 10.4. The summed E-state index contributed by atoms with van der Waals surface area (Å²) < 4.78 is 19.5. The summed E-state index contributed by atoms with van der Waals surface area (Å²) in [5, 5.41) is 0. The Labute approximate surface area is 206 Å². The molecule has 1 aromatic rings. The first kappa shape index (κ1) is 30.0. The van der Waals surface area contributed by atoms with Crippen molar-refractivity contribution < 1.29 is 9.13 Å². The Balaban J connectivity index is 1.81. The molecule has 0 fully saturated rings. The Morgan fingerprint density at radius 3 is 1.36 bits per heavy atom. The van der Waals surface area contributed by atoms with Gasteiger partial charge in [0, 0.05) is 0 Å². The molecule has 192 valence electrons. The van der Waals surface area contributed by atoms with E-state index in [0.717, 1.165) is 18.4 Å². The summed E-state index contributed by atoms with van der Waals surface area (Å²) in [6.07, 6.45) is 29.0. The Morgan fingerprint density at radius 1 is 0.606 bits per heavy atom. The smallest absolute Gasteiger partial charge is 0.165 e. The highest BCUT2D eigenvalue weighted by atomic mass is 19.1. The van der Waals surface area contributed by atoms with E-state index in [1.165, 1.54) is 122 Å². The molecule has 0 N–H and O–H groups in total. The molecule has 0 bridgehead atoms. The van der Waals surface area contributed by atoms with Gasteiger partial charge in [-0.1, -0.05) is 135 Å². The molecule has 0 aliphatic rings. The fraction of sp³-hybridized carbons (Fsp3) is 0.806. The summed E-state index contributed by atoms with van der Waals surface area (Å²) >= 11 is 0. The van der Waals surface area contributed by atoms with E-state index >= 15 is 0 Å². The molecule has 0 radical (unpaired) electrons. The largest absolute Gasteiger partial charge is 0.488 e. The quantitative estimate of drug-likeness (QED) is 0.147. The maximum Gasteiger partial charge on any atom is 0.165 e. The highest BCUT2D eigenvalue weighted by Crippen LogP contribution is 2.21. The van der Waals surface area contributed by atoms with E-state index in [1.807, 2.05) is 19.9 Å². The van der Waals surface area contributed by atoms with Crippen LogP contribution in [0.2, 0.25) is 0 Å². The van der Waals surface area contributed by atoms with E-state index in [4.69, 9.17) is 4.74 Å². The molecule has 1 aromatic carbocycles. The van der Waals surface area contributed by atoms with E-state index in [-0.39, 0.29) is 11.9 Å². The average molecular weight is 463 g/mol. The van der Waals surface area contributed by atoms with Gasteiger partial charge in [0.2, 0.25) is 0 Å². The third-order valence-electron chi connectivity index (χ3n) is 6.68. The topological polar surface area (TPSA) is 9.23 Å². The third-order valence-corrected chi connectivity index (χ3v) is 6.68. The number of halogens is 1. The van der Waals surface area contributed by atoms with Crippen molar-refractivity contribution in [2.45, 2.75) is 162 Å². The van der Waals surface area contributed by atoms with Crippen molar-refractivity contribution in [2.24, 2.45) is 0 Å². The first-order valence-electron chi connectivity index (χ1n) is 14.6. The number of unbranched alkanes of at least 4 members (excludes halogenated alkanes) is 19. The van der Waals surface area contributed by atoms with Crippen LogP contribution in [-0.2, 0) is 6.42 Å². The first-order valence-corrected chi connectivity index (χ1v) is 14.6. The van der Waals surface area contributed by atoms with Crippen molar-refractivity contribution in [3.8, 4) is 5.75 Å². The molecule has 0 spiro atoms. The van der Waals surface area contributed by atoms with Gasteiger partial charge < -0.3 is 4.74 Å². The van der Waals surface area contributed by atoms with Crippen LogP contribution < -0.4 is 4.74 Å². The predicted molar refractivity (Wildman–Crippen MR) is 144 cm³/mol. The molecule has 0 unspecified atom stereocenters. The van der Waals surface area contributed by atoms with Crippen molar-refractivity contribution in [1.82, 2.24) is 0 Å². The zero-order chi connectivity index (χ0) is 24.0. The number of ether oxygens (including phenoxy) is 1. The van der Waals surface area contributed by atoms with Crippen molar-refractivity contribution in [3.05, 3.63) is 29.6 Å². The number of benzene rings is 1. The van der Waals surface area contributed by atoms with Crippen LogP contribution in [0.3, 0.4) is 0 Å². The summed E-state index contributed by atoms with van der Waals surface area (Å²) in [5.74, 6) is 0.145. The fourth-order valence-electron chi connectivity index (χ4n) is 4.63. The van der Waals surface area contributed by atoms with Gasteiger partial charge in [0.25, 0.3) is 0 Å². The van der Waals surface area contributed by atoms with Crippen LogP contribution in [-0.4, -0.2) is 6.10 Å². The highest BCUT2D eigenvalue weighted by molar-refractivity contribution is 5.29. The lowest BCUT2D eigenvalue weighted by atomic mass is 10.0. The minimum atomic E-state index is -0.227. The molecule has 0 saturated heterocycles. The number of aryl methyl sites for hydroxylation is 1. The molecule has 1 nitrogen and oxygen atoms in total. The molecule has 1 rings (SSSR count). The van der Waals surface area contributed by atoms with Crippen LogP contribution in [0.15, 0.2) is 18.2 Å². The van der Waals surface area contributed by atoms with Gasteiger partial charge in [-0.15, -0.1) is 0 Å². The molecule has 33 heavy (non-hydrogen) atoms. The van der Waals surface area contributed by atoms with Crippen LogP contribution in [0.4, 0.5) is 4.39 Å². The zero-order valence-corrected chi connectivity index (χ0v) is 22.4. The molecular formula is C31H55FO. The molecule has 0 saturated carbocycles. The van der Waals surface area contributed by atoms with Crippen LogP contribution in [0.25, 0.3) is 0 Å². The zero-order valence-electron chi connectivity index (χ0n) is 22.4. The standard InChI is InChI=1S/C31H55FO/c1-4-5-6-7-8-9-10-11-12-13-14-15-16-17-18-19-20-21-22-23-24-29-25-26-31(30(32)27-29)33-28(2)3/h25-28H,4-24H2,1-3H3. The number of rotatable bonds is 23. The molecule has 0 heterocycles. The first-order chi connectivity index (χ1) is 16.1. The van der Waals surface area contributed by atoms with Crippen LogP contribution in [0.5, 0.6) is 5.75 Å². The van der Waals surface area contributed by atoms with Crippen molar-refractivity contribution in [1.29, 1.82) is 0 Å². The van der Waals surface area contributed by atoms with E-state index in [9.17, 15) is 4.39 Å². The van der Waals surface area contributed by atoms with Crippen LogP contribution >= 0.6 is 0 Å². The maximum absolute atomic E-state index is 14.0. The van der Waals surface area contributed by atoms with Crippen molar-refractivity contribution >= 4 is 0 Å². The Bertz CT molecular complexity index is 554. The summed E-state index contributed by atoms with van der Waals surface area (Å²) in [6, 6.07) is 5.44. The maximum atomic E-state index is 14.0. The van der Waals surface area contributed by atoms with Crippen molar-refractivity contribution in [3.63, 3.8) is 0 Å². The summed E-state index contributed by atoms with van der Waals surface area (Å²) in [6.45, 7) is 6.14. The van der Waals surface area contributed by atoms with Crippen molar-refractivity contribution in [2.75, 3.05) is 0 Å². The van der Waals surface area contributed by atoms with Gasteiger partial charge in [0.05, 0.1) is 6.10 Å². The minimum absolute atomic E-state index is 0.00916. The van der Waals surface area contributed by atoms with Gasteiger partial charge in [0.15, 0.2) is 11.6 Å². The van der Waals surface area contributed by atoms with E-state index in [0.29, 0.717) is 5.75 Å². The summed E-state index contributed by atoms with van der Waals surface area (Å²) in [5.41, 5.74) is 1.09. The molecule has 0 atom stereocenters. The van der Waals surface area contributed by atoms with Crippen LogP contribution in [0, 0.1) is 5.82 Å². The summed E-state index contributed by atoms with van der Waals surface area (Å²) in [7, 11) is 0. The second kappa shape index (κ2) is 21.5. The lowest BCUT2D eigenvalue weighted by molar-refractivity contribution is 0.231. The fourth-order valence-corrected chi connectivity index (χ4v) is 4.63. The second-order valence-corrected chi connectivity index (χ2v) is 10.4. The molecule has 0 aliphatic heterocycles. The molecular weight excluding hydrogens is 407 g/mol. The van der Waals surface area contributed by atoms with Gasteiger partial charge in [-0.05, 0) is 44.4 Å². The lowest BCUT2D eigenvalue weighted by Crippen LogP contribution is -2.07. The van der Waals surface area contributed by atoms with Crippen LogP contribution in [0.1, 0.15) is 155 Å². The molecule has 0 aromatic heterocycles. The van der Waals surface area contributed by atoms with Gasteiger partial charge in [-0.2, -0.15) is 0 Å². The number of hydrogen-bond donors (Lipinski definition) is 0. The SMILES string of the molecule is CCCCCCCCCCCCCCCCCCCCCCc1ccc(OC(C)C)c(F)c1. The van der Waals surface area contributed by atoms with E-state index < -0.39 is 0 Å². The highest BCUT2D eigenvalue weighted by Gasteiger charge is 2.06. The Kier molecular flexibility index (Phi) is 19.5. The Morgan fingerprint density at radius 2 is 1.00 bits per heavy atom. The van der Waals surface area contributed by atoms with E-state index in [1.54, 1.807) is 12.1 Å². The van der Waals surface area contributed by atoms with E-state index in [2.05, 4.69) is 6.92 Å². The van der Waals surface area contributed by atoms with Gasteiger partial charge in [0.1, 0.15) is 0 Å². The molecule has 0 aliphatic carbocycles. The molecule has 2 heteroatoms. The third kappa shape index (κ3) is 18.0. The van der Waals surface area contributed by atoms with Gasteiger partial charge in [-0.25, -0.2) is 4.39 Å². The molecule has 0 amide bonds. The summed E-state index contributed by atoms with van der Waals surface area (Å²) in [4.78, 5) is 0. The monoisotopic (exact) mass is 462 g/mol. The predicted octanol–water partition coefficient (Wildman–Crippen LogP) is 11.0. The average Bonchev–Trinajstić information content (AvgIpc) is 2.79. The normalized spacial score (nSPS) is 11.4. The van der Waals surface area contributed by atoms with Gasteiger partial charge in [-0.3, -0.25) is 0 Å².